The predicted molar refractivity (Wildman–Crippen MR) is 110 cm³/mol. The highest BCUT2D eigenvalue weighted by molar-refractivity contribution is 7.18. The molecule has 31 heavy (non-hydrogen) atoms. The first-order chi connectivity index (χ1) is 14.8. The number of fused-ring (bicyclic) bond motifs is 3. The van der Waals surface area contributed by atoms with Crippen LogP contribution in [0.15, 0.2) is 29.1 Å². The van der Waals surface area contributed by atoms with E-state index >= 15 is 0 Å². The summed E-state index contributed by atoms with van der Waals surface area (Å²) >= 11 is 1.56. The quantitative estimate of drug-likeness (QED) is 0.574. The van der Waals surface area contributed by atoms with E-state index < -0.39 is 12.8 Å². The predicted octanol–water partition coefficient (Wildman–Crippen LogP) is 3.66. The average molecular weight is 451 g/mol. The molecule has 0 saturated heterocycles. The molecule has 0 radical (unpaired) electrons. The number of aromatic amines is 1. The third-order valence-corrected chi connectivity index (χ3v) is 6.21. The second-order valence-electron chi connectivity index (χ2n) is 7.37. The summed E-state index contributed by atoms with van der Waals surface area (Å²) in [6.07, 6.45) is -0.946. The maximum Gasteiger partial charge on any atom is 0.422 e. The number of nitrogens with zero attached hydrogens (tertiary/aromatic N) is 1. The van der Waals surface area contributed by atoms with Gasteiger partial charge in [0.15, 0.2) is 6.61 Å². The molecule has 10 heteroatoms. The zero-order valence-corrected chi connectivity index (χ0v) is 17.3. The molecule has 0 unspecified atom stereocenters. The summed E-state index contributed by atoms with van der Waals surface area (Å²) in [5, 5.41) is 3.44. The molecule has 2 N–H and O–H groups in total. The number of carbonyl (C=O) groups is 1. The highest BCUT2D eigenvalue weighted by atomic mass is 32.1. The first-order valence-corrected chi connectivity index (χ1v) is 10.7. The van der Waals surface area contributed by atoms with Crippen LogP contribution in [-0.4, -0.2) is 28.7 Å². The van der Waals surface area contributed by atoms with Crippen LogP contribution in [-0.2, 0) is 30.6 Å². The lowest BCUT2D eigenvalue weighted by atomic mass is 10.2. The number of aromatic nitrogens is 2. The molecule has 0 aliphatic heterocycles. The second kappa shape index (κ2) is 8.70. The van der Waals surface area contributed by atoms with Crippen LogP contribution in [0.2, 0.25) is 0 Å². The van der Waals surface area contributed by atoms with Crippen molar-refractivity contribution >= 4 is 27.5 Å². The molecule has 2 heterocycles. The van der Waals surface area contributed by atoms with Crippen LogP contribution in [0.4, 0.5) is 13.2 Å². The molecule has 164 valence electrons. The van der Waals surface area contributed by atoms with Gasteiger partial charge in [-0.25, -0.2) is 4.98 Å². The van der Waals surface area contributed by atoms with E-state index in [0.717, 1.165) is 35.2 Å². The van der Waals surface area contributed by atoms with Crippen LogP contribution in [0.1, 0.15) is 34.7 Å². The SMILES string of the molecule is O=C(CCc1nc2sc3c(c2c(=O)[nH]1)CCC3)NCc1ccc(OCC(F)(F)F)cc1. The van der Waals surface area contributed by atoms with Crippen molar-refractivity contribution in [1.82, 2.24) is 15.3 Å². The van der Waals surface area contributed by atoms with Gasteiger partial charge in [0.2, 0.25) is 5.91 Å². The van der Waals surface area contributed by atoms with Crippen molar-refractivity contribution in [1.29, 1.82) is 0 Å². The smallest absolute Gasteiger partial charge is 0.422 e. The van der Waals surface area contributed by atoms with Crippen LogP contribution < -0.4 is 15.6 Å². The lowest BCUT2D eigenvalue weighted by molar-refractivity contribution is -0.153. The van der Waals surface area contributed by atoms with E-state index in [-0.39, 0.29) is 30.2 Å². The molecule has 1 amide bonds. The fraction of sp³-hybridized carbons (Fsp3) is 0.381. The summed E-state index contributed by atoms with van der Waals surface area (Å²) in [4.78, 5) is 33.9. The monoisotopic (exact) mass is 451 g/mol. The number of benzene rings is 1. The molecule has 0 spiro atoms. The van der Waals surface area contributed by atoms with Gasteiger partial charge in [-0.2, -0.15) is 13.2 Å². The van der Waals surface area contributed by atoms with Gasteiger partial charge in [-0.1, -0.05) is 12.1 Å². The summed E-state index contributed by atoms with van der Waals surface area (Å²) in [6.45, 7) is -1.11. The Kier molecular flexibility index (Phi) is 5.99. The number of ether oxygens (including phenoxy) is 1. The number of hydrogen-bond donors (Lipinski definition) is 2. The number of aryl methyl sites for hydroxylation is 3. The Morgan fingerprint density at radius 3 is 2.74 bits per heavy atom. The number of alkyl halides is 3. The van der Waals surface area contributed by atoms with Gasteiger partial charge >= 0.3 is 6.18 Å². The van der Waals surface area contributed by atoms with E-state index in [1.165, 1.54) is 17.0 Å². The first kappa shape index (κ1) is 21.4. The minimum Gasteiger partial charge on any atom is -0.484 e. The van der Waals surface area contributed by atoms with Crippen molar-refractivity contribution in [2.75, 3.05) is 6.61 Å². The standard InChI is InChI=1S/C21H20F3N3O3S/c22-21(23,24)11-30-13-6-4-12(5-7-13)10-25-17(28)9-8-16-26-19(29)18-14-2-1-3-15(14)31-20(18)27-16/h4-7H,1-3,8-11H2,(H,25,28)(H,26,27,29). The van der Waals surface area contributed by atoms with Gasteiger partial charge in [0.25, 0.3) is 5.56 Å². The van der Waals surface area contributed by atoms with E-state index in [1.54, 1.807) is 23.5 Å². The molecule has 6 nitrogen and oxygen atoms in total. The summed E-state index contributed by atoms with van der Waals surface area (Å²) in [6, 6.07) is 6.04. The summed E-state index contributed by atoms with van der Waals surface area (Å²) in [5.41, 5.74) is 1.70. The molecule has 1 aliphatic carbocycles. The second-order valence-corrected chi connectivity index (χ2v) is 8.46. The van der Waals surface area contributed by atoms with Crippen molar-refractivity contribution < 1.29 is 22.7 Å². The number of nitrogens with one attached hydrogen (secondary N) is 2. The molecule has 0 bridgehead atoms. The lowest BCUT2D eigenvalue weighted by Gasteiger charge is -2.10. The van der Waals surface area contributed by atoms with E-state index in [4.69, 9.17) is 0 Å². The van der Waals surface area contributed by atoms with E-state index in [1.807, 2.05) is 0 Å². The zero-order chi connectivity index (χ0) is 22.0. The molecule has 0 atom stereocenters. The number of H-pyrrole nitrogens is 1. The Bertz CT molecular complexity index is 1150. The van der Waals surface area contributed by atoms with Crippen LogP contribution >= 0.6 is 11.3 Å². The molecule has 0 saturated carbocycles. The Balaban J connectivity index is 1.28. The first-order valence-electron chi connectivity index (χ1n) is 9.87. The minimum absolute atomic E-state index is 0.109. The number of carbonyl (C=O) groups excluding carboxylic acids is 1. The highest BCUT2D eigenvalue weighted by Gasteiger charge is 2.28. The molecule has 1 aliphatic rings. The fourth-order valence-electron chi connectivity index (χ4n) is 3.55. The van der Waals surface area contributed by atoms with Gasteiger partial charge in [-0.05, 0) is 42.5 Å². The van der Waals surface area contributed by atoms with Crippen molar-refractivity contribution in [3.05, 3.63) is 56.4 Å². The third kappa shape index (κ3) is 5.25. The van der Waals surface area contributed by atoms with Crippen molar-refractivity contribution in [2.45, 2.75) is 44.8 Å². The lowest BCUT2D eigenvalue weighted by Crippen LogP contribution is -2.23. The van der Waals surface area contributed by atoms with E-state index in [2.05, 4.69) is 20.0 Å². The Hall–Kier alpha value is -2.88. The van der Waals surface area contributed by atoms with Crippen LogP contribution in [0.5, 0.6) is 5.75 Å². The van der Waals surface area contributed by atoms with Gasteiger partial charge in [0.05, 0.1) is 5.39 Å². The zero-order valence-electron chi connectivity index (χ0n) is 16.5. The number of thiophene rings is 1. The minimum atomic E-state index is -4.39. The van der Waals surface area contributed by atoms with Gasteiger partial charge in [-0.15, -0.1) is 11.3 Å². The van der Waals surface area contributed by atoms with Gasteiger partial charge < -0.3 is 15.0 Å². The van der Waals surface area contributed by atoms with Crippen molar-refractivity contribution in [3.63, 3.8) is 0 Å². The number of rotatable bonds is 7. The van der Waals surface area contributed by atoms with Crippen molar-refractivity contribution in [3.8, 4) is 5.75 Å². The van der Waals surface area contributed by atoms with E-state index in [0.29, 0.717) is 17.6 Å². The normalized spacial score (nSPS) is 13.4. The molecular formula is C21H20F3N3O3S. The molecular weight excluding hydrogens is 431 g/mol. The Morgan fingerprint density at radius 2 is 2.00 bits per heavy atom. The molecule has 0 fully saturated rings. The van der Waals surface area contributed by atoms with Crippen molar-refractivity contribution in [2.24, 2.45) is 0 Å². The molecule has 2 aromatic heterocycles. The number of hydrogen-bond acceptors (Lipinski definition) is 5. The fourth-order valence-corrected chi connectivity index (χ4v) is 4.84. The van der Waals surface area contributed by atoms with Crippen LogP contribution in [0, 0.1) is 0 Å². The topological polar surface area (TPSA) is 84.1 Å². The number of halogens is 3. The van der Waals surface area contributed by atoms with Gasteiger partial charge in [0, 0.05) is 24.3 Å². The van der Waals surface area contributed by atoms with E-state index in [9.17, 15) is 22.8 Å². The molecule has 4 rings (SSSR count). The molecule has 3 aromatic rings. The highest BCUT2D eigenvalue weighted by Crippen LogP contribution is 2.34. The maximum atomic E-state index is 12.4. The third-order valence-electron chi connectivity index (χ3n) is 5.03. The summed E-state index contributed by atoms with van der Waals surface area (Å²) < 4.78 is 41.1. The summed E-state index contributed by atoms with van der Waals surface area (Å²) in [7, 11) is 0. The van der Waals surface area contributed by atoms with Crippen LogP contribution in [0.3, 0.4) is 0 Å². The van der Waals surface area contributed by atoms with Gasteiger partial charge in [0.1, 0.15) is 16.4 Å². The molecule has 1 aromatic carbocycles. The number of amides is 1. The maximum absolute atomic E-state index is 12.4. The Labute approximate surface area is 179 Å². The largest absolute Gasteiger partial charge is 0.484 e. The summed E-state index contributed by atoms with van der Waals surface area (Å²) in [5.74, 6) is 0.380. The Morgan fingerprint density at radius 1 is 1.23 bits per heavy atom. The van der Waals surface area contributed by atoms with Crippen LogP contribution in [0.25, 0.3) is 10.2 Å². The average Bonchev–Trinajstić information content (AvgIpc) is 3.30. The van der Waals surface area contributed by atoms with Gasteiger partial charge in [-0.3, -0.25) is 9.59 Å².